The second-order valence-corrected chi connectivity index (χ2v) is 5.85. The summed E-state index contributed by atoms with van der Waals surface area (Å²) >= 11 is 0. The second-order valence-electron chi connectivity index (χ2n) is 5.85. The largest absolute Gasteiger partial charge is 0.421 e. The number of anilines is 3. The molecule has 2 heterocycles. The number of alkyl halides is 4. The van der Waals surface area contributed by atoms with Crippen molar-refractivity contribution in [1.82, 2.24) is 19.7 Å². The lowest BCUT2D eigenvalue weighted by atomic mass is 10.1. The molecule has 2 N–H and O–H groups in total. The van der Waals surface area contributed by atoms with Gasteiger partial charge in [-0.25, -0.2) is 9.37 Å². The topological polar surface area (TPSA) is 67.7 Å². The molecule has 0 atom stereocenters. The lowest BCUT2D eigenvalue weighted by Crippen LogP contribution is -2.29. The van der Waals surface area contributed by atoms with Gasteiger partial charge in [-0.2, -0.15) is 23.3 Å². The first-order chi connectivity index (χ1) is 11.1. The summed E-state index contributed by atoms with van der Waals surface area (Å²) in [6, 6.07) is 0. The van der Waals surface area contributed by atoms with E-state index < -0.39 is 24.0 Å². The molecule has 2 aromatic rings. The number of nitrogens with one attached hydrogen (secondary N) is 2. The molecule has 10 heteroatoms. The molecule has 24 heavy (non-hydrogen) atoms. The van der Waals surface area contributed by atoms with Crippen LogP contribution in [-0.4, -0.2) is 33.5 Å². The third-order valence-electron chi connectivity index (χ3n) is 3.42. The molecule has 0 aromatic carbocycles. The van der Waals surface area contributed by atoms with Crippen LogP contribution in [-0.2, 0) is 11.7 Å². The maximum absolute atomic E-state index is 13.1. The number of halogens is 4. The molecule has 6 nitrogen and oxygen atoms in total. The quantitative estimate of drug-likeness (QED) is 0.811. The van der Waals surface area contributed by atoms with E-state index in [1.165, 1.54) is 11.7 Å². The van der Waals surface area contributed by atoms with Crippen molar-refractivity contribution in [3.05, 3.63) is 23.7 Å². The number of aromatic nitrogens is 4. The molecule has 2 rings (SSSR count). The molecule has 2 aromatic heterocycles. The van der Waals surface area contributed by atoms with Crippen molar-refractivity contribution < 1.29 is 17.6 Å². The van der Waals surface area contributed by atoms with Crippen LogP contribution in [0.1, 0.15) is 25.1 Å². The molecule has 0 aliphatic rings. The minimum Gasteiger partial charge on any atom is -0.372 e. The molecule has 0 spiro atoms. The summed E-state index contributed by atoms with van der Waals surface area (Å²) in [5.74, 6) is -0.359. The summed E-state index contributed by atoms with van der Waals surface area (Å²) in [5, 5.41) is 9.42. The molecule has 0 saturated carbocycles. The number of hydrogen-bond acceptors (Lipinski definition) is 5. The van der Waals surface area contributed by atoms with Crippen molar-refractivity contribution in [3.8, 4) is 0 Å². The van der Waals surface area contributed by atoms with E-state index in [4.69, 9.17) is 0 Å². The average molecular weight is 346 g/mol. The lowest BCUT2D eigenvalue weighted by Gasteiger charge is -2.20. The molecule has 0 bridgehead atoms. The zero-order chi connectivity index (χ0) is 18.1. The van der Waals surface area contributed by atoms with E-state index >= 15 is 0 Å². The van der Waals surface area contributed by atoms with Gasteiger partial charge in [0, 0.05) is 19.4 Å². The summed E-state index contributed by atoms with van der Waals surface area (Å²) < 4.78 is 53.0. The molecule has 0 amide bonds. The smallest absolute Gasteiger partial charge is 0.372 e. The Labute approximate surface area is 136 Å². The minimum atomic E-state index is -4.55. The van der Waals surface area contributed by atoms with E-state index in [9.17, 15) is 17.6 Å². The van der Waals surface area contributed by atoms with Gasteiger partial charge >= 0.3 is 6.18 Å². The van der Waals surface area contributed by atoms with E-state index in [1.807, 2.05) is 0 Å². The van der Waals surface area contributed by atoms with Crippen LogP contribution in [0.25, 0.3) is 0 Å². The van der Waals surface area contributed by atoms with Crippen molar-refractivity contribution >= 4 is 17.5 Å². The van der Waals surface area contributed by atoms with Crippen LogP contribution in [0, 0.1) is 6.92 Å². The van der Waals surface area contributed by atoms with Gasteiger partial charge in [-0.3, -0.25) is 4.68 Å². The van der Waals surface area contributed by atoms with Gasteiger partial charge in [0.25, 0.3) is 0 Å². The van der Waals surface area contributed by atoms with E-state index in [0.717, 1.165) is 0 Å². The fourth-order valence-electron chi connectivity index (χ4n) is 1.91. The summed E-state index contributed by atoms with van der Waals surface area (Å²) in [7, 11) is 1.34. The van der Waals surface area contributed by atoms with Gasteiger partial charge in [0.1, 0.15) is 18.1 Å². The van der Waals surface area contributed by atoms with Gasteiger partial charge in [0.15, 0.2) is 0 Å². The molecular formula is C14H18F4N6. The van der Waals surface area contributed by atoms with Crippen LogP contribution in [0.15, 0.2) is 12.4 Å². The van der Waals surface area contributed by atoms with Crippen molar-refractivity contribution in [1.29, 1.82) is 0 Å². The molecule has 0 aliphatic heterocycles. The first-order valence-corrected chi connectivity index (χ1v) is 7.10. The van der Waals surface area contributed by atoms with Crippen LogP contribution in [0.4, 0.5) is 35.0 Å². The monoisotopic (exact) mass is 346 g/mol. The van der Waals surface area contributed by atoms with Gasteiger partial charge < -0.3 is 10.6 Å². The normalized spacial score (nSPS) is 12.3. The molecule has 0 saturated heterocycles. The summed E-state index contributed by atoms with van der Waals surface area (Å²) in [5.41, 5.74) is -0.757. The molecular weight excluding hydrogens is 328 g/mol. The highest BCUT2D eigenvalue weighted by atomic mass is 19.4. The summed E-state index contributed by atoms with van der Waals surface area (Å²) in [4.78, 5) is 7.51. The Balaban J connectivity index is 2.32. The van der Waals surface area contributed by atoms with Crippen molar-refractivity contribution in [3.63, 3.8) is 0 Å². The SMILES string of the molecule is CNc1nc(Nc2cn(C(C)(C)CF)nc2C)ncc1C(F)(F)F. The van der Waals surface area contributed by atoms with E-state index in [1.54, 1.807) is 27.0 Å². The van der Waals surface area contributed by atoms with E-state index in [0.29, 0.717) is 17.6 Å². The third-order valence-corrected chi connectivity index (χ3v) is 3.42. The van der Waals surface area contributed by atoms with E-state index in [2.05, 4.69) is 25.7 Å². The maximum Gasteiger partial charge on any atom is 0.421 e. The predicted molar refractivity (Wildman–Crippen MR) is 82.1 cm³/mol. The number of rotatable bonds is 5. The van der Waals surface area contributed by atoms with Crippen LogP contribution in [0.5, 0.6) is 0 Å². The Bertz CT molecular complexity index is 723. The summed E-state index contributed by atoms with van der Waals surface area (Å²) in [6.07, 6.45) is -2.29. The Morgan fingerprint density at radius 1 is 1.25 bits per heavy atom. The van der Waals surface area contributed by atoms with Gasteiger partial charge in [-0.1, -0.05) is 0 Å². The standard InChI is InChI=1S/C14H18F4N6/c1-8-10(6-24(23-8)13(2,3)7-15)21-12-20-5-9(14(16,17)18)11(19-4)22-12/h5-6H,7H2,1-4H3,(H2,19,20,21,22). The highest BCUT2D eigenvalue weighted by molar-refractivity contribution is 5.57. The van der Waals surface area contributed by atoms with Crippen molar-refractivity contribution in [2.24, 2.45) is 0 Å². The Morgan fingerprint density at radius 3 is 2.46 bits per heavy atom. The molecule has 0 fully saturated rings. The first-order valence-electron chi connectivity index (χ1n) is 7.10. The molecule has 0 aliphatic carbocycles. The van der Waals surface area contributed by atoms with Crippen LogP contribution < -0.4 is 10.6 Å². The van der Waals surface area contributed by atoms with Gasteiger partial charge in [0.2, 0.25) is 5.95 Å². The fraction of sp³-hybridized carbons (Fsp3) is 0.500. The minimum absolute atomic E-state index is 0.0203. The highest BCUT2D eigenvalue weighted by Gasteiger charge is 2.35. The number of nitrogens with zero attached hydrogens (tertiary/aromatic N) is 4. The Hall–Kier alpha value is -2.39. The first kappa shape index (κ1) is 18.0. The number of hydrogen-bond donors (Lipinski definition) is 2. The summed E-state index contributed by atoms with van der Waals surface area (Å²) in [6.45, 7) is 4.43. The maximum atomic E-state index is 13.1. The Kier molecular flexibility index (Phi) is 4.68. The van der Waals surface area contributed by atoms with Gasteiger partial charge in [-0.05, 0) is 20.8 Å². The second kappa shape index (κ2) is 6.25. The number of aryl methyl sites for hydroxylation is 1. The lowest BCUT2D eigenvalue weighted by molar-refractivity contribution is -0.137. The molecule has 0 radical (unpaired) electrons. The zero-order valence-corrected chi connectivity index (χ0v) is 13.7. The van der Waals surface area contributed by atoms with Crippen LogP contribution in [0.2, 0.25) is 0 Å². The van der Waals surface area contributed by atoms with Gasteiger partial charge in [0.05, 0.1) is 16.9 Å². The van der Waals surface area contributed by atoms with Crippen molar-refractivity contribution in [2.75, 3.05) is 24.4 Å². The fourth-order valence-corrected chi connectivity index (χ4v) is 1.91. The predicted octanol–water partition coefficient (Wildman–Crippen LogP) is 3.49. The highest BCUT2D eigenvalue weighted by Crippen LogP contribution is 2.34. The average Bonchev–Trinajstić information content (AvgIpc) is 2.88. The zero-order valence-electron chi connectivity index (χ0n) is 13.7. The molecule has 0 unspecified atom stereocenters. The van der Waals surface area contributed by atoms with Gasteiger partial charge in [-0.15, -0.1) is 0 Å². The molecule has 132 valence electrons. The van der Waals surface area contributed by atoms with Crippen molar-refractivity contribution in [2.45, 2.75) is 32.5 Å². The van der Waals surface area contributed by atoms with E-state index in [-0.39, 0.29) is 11.8 Å². The Morgan fingerprint density at radius 2 is 1.92 bits per heavy atom. The third kappa shape index (κ3) is 3.57. The van der Waals surface area contributed by atoms with Crippen LogP contribution >= 0.6 is 0 Å². The van der Waals surface area contributed by atoms with Crippen LogP contribution in [0.3, 0.4) is 0 Å².